The molecule has 2 saturated heterocycles. The Hall–Kier alpha value is -2.53. The van der Waals surface area contributed by atoms with E-state index in [0.717, 1.165) is 36.1 Å². The molecule has 0 spiro atoms. The molecule has 6 nitrogen and oxygen atoms in total. The molecule has 4 rings (SSSR count). The molecule has 0 aliphatic carbocycles. The number of rotatable bonds is 6. The SMILES string of the molecule is O=C(O)c1ccc(CNC2NCNC(N3CCCC3c3ccc(C(F)(F)F)cc3)C2F)cc1. The first-order chi connectivity index (χ1) is 15.7. The Morgan fingerprint density at radius 3 is 2.42 bits per heavy atom. The summed E-state index contributed by atoms with van der Waals surface area (Å²) in [5, 5.41) is 18.3. The molecule has 0 aromatic heterocycles. The third-order valence-corrected chi connectivity index (χ3v) is 6.25. The molecule has 4 atom stereocenters. The van der Waals surface area contributed by atoms with Crippen LogP contribution in [0.1, 0.15) is 45.9 Å². The maximum Gasteiger partial charge on any atom is 0.416 e. The first kappa shape index (κ1) is 23.6. The third-order valence-electron chi connectivity index (χ3n) is 6.25. The van der Waals surface area contributed by atoms with E-state index in [1.54, 1.807) is 12.1 Å². The molecule has 0 bridgehead atoms. The number of nitrogens with zero attached hydrogens (tertiary/aromatic N) is 1. The van der Waals surface area contributed by atoms with E-state index < -0.39 is 36.2 Å². The lowest BCUT2D eigenvalue weighted by molar-refractivity contribution is -0.137. The van der Waals surface area contributed by atoms with Crippen molar-refractivity contribution in [3.63, 3.8) is 0 Å². The maximum absolute atomic E-state index is 15.5. The van der Waals surface area contributed by atoms with Crippen LogP contribution in [-0.2, 0) is 12.7 Å². The first-order valence-electron chi connectivity index (χ1n) is 10.8. The van der Waals surface area contributed by atoms with Crippen LogP contribution in [0.2, 0.25) is 0 Å². The van der Waals surface area contributed by atoms with Crippen LogP contribution in [0.15, 0.2) is 48.5 Å². The predicted molar refractivity (Wildman–Crippen MR) is 114 cm³/mol. The first-order valence-corrected chi connectivity index (χ1v) is 10.8. The zero-order valence-electron chi connectivity index (χ0n) is 17.8. The number of halogens is 4. The fourth-order valence-electron chi connectivity index (χ4n) is 4.53. The highest BCUT2D eigenvalue weighted by Gasteiger charge is 2.41. The molecule has 4 unspecified atom stereocenters. The van der Waals surface area contributed by atoms with Gasteiger partial charge in [-0.25, -0.2) is 9.18 Å². The number of carboxylic acids is 1. The van der Waals surface area contributed by atoms with Crippen LogP contribution in [0.5, 0.6) is 0 Å². The fourth-order valence-corrected chi connectivity index (χ4v) is 4.53. The minimum absolute atomic E-state index is 0.162. The number of likely N-dealkylation sites (tertiary alicyclic amines) is 1. The van der Waals surface area contributed by atoms with Crippen molar-refractivity contribution in [2.75, 3.05) is 13.2 Å². The normalized spacial score (nSPS) is 26.4. The van der Waals surface area contributed by atoms with Crippen LogP contribution >= 0.6 is 0 Å². The quantitative estimate of drug-likeness (QED) is 0.489. The van der Waals surface area contributed by atoms with Crippen LogP contribution in [0.4, 0.5) is 17.6 Å². The highest BCUT2D eigenvalue weighted by molar-refractivity contribution is 5.87. The number of hydrogen-bond donors (Lipinski definition) is 4. The average molecular weight is 466 g/mol. The largest absolute Gasteiger partial charge is 0.478 e. The van der Waals surface area contributed by atoms with Gasteiger partial charge in [-0.3, -0.25) is 20.9 Å². The van der Waals surface area contributed by atoms with Gasteiger partial charge in [-0.05, 0) is 48.2 Å². The van der Waals surface area contributed by atoms with Crippen LogP contribution in [0.3, 0.4) is 0 Å². The average Bonchev–Trinajstić information content (AvgIpc) is 3.28. The van der Waals surface area contributed by atoms with Gasteiger partial charge in [-0.1, -0.05) is 24.3 Å². The van der Waals surface area contributed by atoms with E-state index in [2.05, 4.69) is 16.0 Å². The predicted octanol–water partition coefficient (Wildman–Crippen LogP) is 3.47. The lowest BCUT2D eigenvalue weighted by Crippen LogP contribution is -2.68. The Labute approximate surface area is 189 Å². The third kappa shape index (κ3) is 5.35. The highest BCUT2D eigenvalue weighted by atomic mass is 19.4. The van der Waals surface area contributed by atoms with Crippen LogP contribution in [0.25, 0.3) is 0 Å². The summed E-state index contributed by atoms with van der Waals surface area (Å²) in [4.78, 5) is 13.0. The van der Waals surface area contributed by atoms with Crippen molar-refractivity contribution in [3.8, 4) is 0 Å². The van der Waals surface area contributed by atoms with Gasteiger partial charge in [-0.15, -0.1) is 0 Å². The molecule has 2 aromatic rings. The number of aromatic carboxylic acids is 1. The molecule has 178 valence electrons. The Balaban J connectivity index is 1.41. The van der Waals surface area contributed by atoms with Gasteiger partial charge < -0.3 is 5.11 Å². The van der Waals surface area contributed by atoms with E-state index in [-0.39, 0.29) is 11.6 Å². The van der Waals surface area contributed by atoms with Crippen molar-refractivity contribution in [2.45, 2.75) is 50.1 Å². The number of carboxylic acid groups (broad SMARTS) is 1. The van der Waals surface area contributed by atoms with Crippen LogP contribution in [-0.4, -0.2) is 47.7 Å². The van der Waals surface area contributed by atoms with Gasteiger partial charge >= 0.3 is 12.1 Å². The summed E-state index contributed by atoms with van der Waals surface area (Å²) < 4.78 is 54.2. The Morgan fingerprint density at radius 1 is 1.09 bits per heavy atom. The van der Waals surface area contributed by atoms with Crippen molar-refractivity contribution >= 4 is 5.97 Å². The van der Waals surface area contributed by atoms with E-state index in [4.69, 9.17) is 5.11 Å². The zero-order chi connectivity index (χ0) is 23.6. The van der Waals surface area contributed by atoms with Crippen molar-refractivity contribution in [3.05, 3.63) is 70.8 Å². The molecule has 2 heterocycles. The van der Waals surface area contributed by atoms with Gasteiger partial charge in [0.25, 0.3) is 0 Å². The minimum Gasteiger partial charge on any atom is -0.478 e. The minimum atomic E-state index is -4.39. The molecule has 0 amide bonds. The number of hydrogen-bond acceptors (Lipinski definition) is 5. The topological polar surface area (TPSA) is 76.6 Å². The van der Waals surface area contributed by atoms with E-state index in [1.165, 1.54) is 24.3 Å². The maximum atomic E-state index is 15.5. The van der Waals surface area contributed by atoms with Crippen molar-refractivity contribution in [1.82, 2.24) is 20.9 Å². The molecule has 2 aliphatic heterocycles. The van der Waals surface area contributed by atoms with E-state index in [1.807, 2.05) is 4.90 Å². The zero-order valence-corrected chi connectivity index (χ0v) is 17.8. The summed E-state index contributed by atoms with van der Waals surface area (Å²) in [6, 6.07) is 11.3. The second-order valence-electron chi connectivity index (χ2n) is 8.35. The second-order valence-corrected chi connectivity index (χ2v) is 8.35. The molecule has 33 heavy (non-hydrogen) atoms. The van der Waals surface area contributed by atoms with Gasteiger partial charge in [0.2, 0.25) is 0 Å². The molecule has 4 N–H and O–H groups in total. The summed E-state index contributed by atoms with van der Waals surface area (Å²) >= 11 is 0. The Bertz CT molecular complexity index is 952. The van der Waals surface area contributed by atoms with Gasteiger partial charge in [0, 0.05) is 25.8 Å². The van der Waals surface area contributed by atoms with Gasteiger partial charge in [0.05, 0.1) is 23.5 Å². The van der Waals surface area contributed by atoms with Gasteiger partial charge in [0.1, 0.15) is 0 Å². The van der Waals surface area contributed by atoms with Gasteiger partial charge in [-0.2, -0.15) is 13.2 Å². The molecule has 2 fully saturated rings. The highest BCUT2D eigenvalue weighted by Crippen LogP contribution is 2.36. The summed E-state index contributed by atoms with van der Waals surface area (Å²) in [5.74, 6) is -1.01. The molecule has 2 aromatic carbocycles. The molecule has 10 heteroatoms. The second kappa shape index (κ2) is 9.76. The number of nitrogens with one attached hydrogen (secondary N) is 3. The molecule has 0 saturated carbocycles. The number of alkyl halides is 4. The standard InChI is InChI=1S/C23H26F4N4O2/c24-19-20(28-12-14-3-5-16(6-4-14)22(32)33)29-13-30-21(19)31-11-1-2-18(31)15-7-9-17(10-8-15)23(25,26)27/h3-10,18-21,28-30H,1-2,11-13H2,(H,32,33). The van der Waals surface area contributed by atoms with Crippen LogP contribution in [0, 0.1) is 0 Å². The fraction of sp³-hybridized carbons (Fsp3) is 0.435. The van der Waals surface area contributed by atoms with Crippen LogP contribution < -0.4 is 16.0 Å². The van der Waals surface area contributed by atoms with Crippen molar-refractivity contribution < 1.29 is 27.5 Å². The van der Waals surface area contributed by atoms with Gasteiger partial charge in [0.15, 0.2) is 6.17 Å². The summed E-state index contributed by atoms with van der Waals surface area (Å²) in [5.41, 5.74) is 1.06. The monoisotopic (exact) mass is 466 g/mol. The summed E-state index contributed by atoms with van der Waals surface area (Å²) in [6.45, 7) is 1.37. The van der Waals surface area contributed by atoms with E-state index >= 15 is 4.39 Å². The van der Waals surface area contributed by atoms with E-state index in [9.17, 15) is 18.0 Å². The lowest BCUT2D eigenvalue weighted by Gasteiger charge is -2.42. The molecule has 0 radical (unpaired) electrons. The van der Waals surface area contributed by atoms with E-state index in [0.29, 0.717) is 19.8 Å². The molecular weight excluding hydrogens is 440 g/mol. The number of benzene rings is 2. The molecular formula is C23H26F4N4O2. The Morgan fingerprint density at radius 2 is 1.79 bits per heavy atom. The van der Waals surface area contributed by atoms with Crippen molar-refractivity contribution in [2.24, 2.45) is 0 Å². The summed E-state index contributed by atoms with van der Waals surface area (Å²) in [6.07, 6.45) is -5.35. The van der Waals surface area contributed by atoms with Crippen molar-refractivity contribution in [1.29, 1.82) is 0 Å². The number of carbonyl (C=O) groups is 1. The lowest BCUT2D eigenvalue weighted by atomic mass is 10.0. The summed E-state index contributed by atoms with van der Waals surface area (Å²) in [7, 11) is 0. The molecule has 2 aliphatic rings. The smallest absolute Gasteiger partial charge is 0.416 e. The Kier molecular flexibility index (Phi) is 6.99.